The van der Waals surface area contributed by atoms with E-state index in [-0.39, 0.29) is 23.5 Å². The summed E-state index contributed by atoms with van der Waals surface area (Å²) in [5, 5.41) is 19.7. The first-order chi connectivity index (χ1) is 14.7. The van der Waals surface area contributed by atoms with Crippen LogP contribution in [-0.2, 0) is 16.3 Å². The summed E-state index contributed by atoms with van der Waals surface area (Å²) in [5.41, 5.74) is 1.45. The number of aliphatic hydroxyl groups is 1. The standard InChI is InChI=1S/C23H27ClN2O4S/c1-16-12-26(21(14-27)10-17-7-18(11-25)9-20(24)8-17)13-19(16)15-30-22-3-5-23(6-4-22)31(2,28)29/h3-9,16,19,21,27H,10,12-15H2,1-2H3. The van der Waals surface area contributed by atoms with Gasteiger partial charge < -0.3 is 9.84 Å². The highest BCUT2D eigenvalue weighted by Gasteiger charge is 2.34. The molecule has 8 heteroatoms. The number of hydrogen-bond donors (Lipinski definition) is 1. The molecule has 1 aliphatic rings. The quantitative estimate of drug-likeness (QED) is 0.648. The van der Waals surface area contributed by atoms with Crippen molar-refractivity contribution < 1.29 is 18.3 Å². The van der Waals surface area contributed by atoms with Gasteiger partial charge in [0.15, 0.2) is 9.84 Å². The first kappa shape index (κ1) is 23.6. The summed E-state index contributed by atoms with van der Waals surface area (Å²) >= 11 is 6.12. The minimum absolute atomic E-state index is 0.0155. The Kier molecular flexibility index (Phi) is 7.60. The van der Waals surface area contributed by atoms with Gasteiger partial charge in [0.2, 0.25) is 0 Å². The molecule has 1 aliphatic heterocycles. The molecule has 3 atom stereocenters. The highest BCUT2D eigenvalue weighted by Crippen LogP contribution is 2.28. The Hall–Kier alpha value is -2.11. The summed E-state index contributed by atoms with van der Waals surface area (Å²) < 4.78 is 29.1. The summed E-state index contributed by atoms with van der Waals surface area (Å²) in [7, 11) is -3.22. The molecular weight excluding hydrogens is 436 g/mol. The number of nitrogens with zero attached hydrogens (tertiary/aromatic N) is 2. The topological polar surface area (TPSA) is 90.6 Å². The lowest BCUT2D eigenvalue weighted by atomic mass is 9.99. The van der Waals surface area contributed by atoms with E-state index in [0.717, 1.165) is 18.7 Å². The fraction of sp³-hybridized carbons (Fsp3) is 0.435. The molecule has 2 aromatic rings. The lowest BCUT2D eigenvalue weighted by molar-refractivity contribution is 0.136. The number of aliphatic hydroxyl groups excluding tert-OH is 1. The molecule has 0 aliphatic carbocycles. The van der Waals surface area contributed by atoms with Gasteiger partial charge in [-0.05, 0) is 60.4 Å². The van der Waals surface area contributed by atoms with Crippen molar-refractivity contribution in [2.75, 3.05) is 32.6 Å². The molecule has 0 spiro atoms. The van der Waals surface area contributed by atoms with E-state index in [2.05, 4.69) is 17.9 Å². The average molecular weight is 463 g/mol. The molecular formula is C23H27ClN2O4S. The number of benzene rings is 2. The number of ether oxygens (including phenoxy) is 1. The Morgan fingerprint density at radius 2 is 1.97 bits per heavy atom. The summed E-state index contributed by atoms with van der Waals surface area (Å²) in [6.07, 6.45) is 1.79. The predicted molar refractivity (Wildman–Crippen MR) is 120 cm³/mol. The Bertz CT molecular complexity index is 1050. The third-order valence-corrected chi connectivity index (χ3v) is 7.14. The van der Waals surface area contributed by atoms with Crippen LogP contribution in [0.5, 0.6) is 5.75 Å². The molecule has 0 aromatic heterocycles. The molecule has 1 fully saturated rings. The second-order valence-corrected chi connectivity index (χ2v) is 10.7. The minimum Gasteiger partial charge on any atom is -0.493 e. The van der Waals surface area contributed by atoms with E-state index < -0.39 is 9.84 Å². The van der Waals surface area contributed by atoms with Gasteiger partial charge in [-0.2, -0.15) is 5.26 Å². The number of nitriles is 1. The molecule has 3 unspecified atom stereocenters. The smallest absolute Gasteiger partial charge is 0.175 e. The number of hydrogen-bond acceptors (Lipinski definition) is 6. The Morgan fingerprint density at radius 3 is 2.58 bits per heavy atom. The van der Waals surface area contributed by atoms with Crippen LogP contribution in [0.4, 0.5) is 0 Å². The van der Waals surface area contributed by atoms with Crippen LogP contribution in [-0.4, -0.2) is 57.0 Å². The van der Waals surface area contributed by atoms with Crippen molar-refractivity contribution in [1.29, 1.82) is 5.26 Å². The van der Waals surface area contributed by atoms with Crippen LogP contribution in [0.1, 0.15) is 18.1 Å². The maximum Gasteiger partial charge on any atom is 0.175 e. The summed E-state index contributed by atoms with van der Waals surface area (Å²) in [5.74, 6) is 1.32. The Labute approximate surface area is 188 Å². The lowest BCUT2D eigenvalue weighted by Crippen LogP contribution is -2.38. The van der Waals surface area contributed by atoms with Crippen LogP contribution in [0.3, 0.4) is 0 Å². The van der Waals surface area contributed by atoms with Crippen LogP contribution in [0.2, 0.25) is 5.02 Å². The van der Waals surface area contributed by atoms with E-state index in [1.165, 1.54) is 6.26 Å². The molecule has 1 N–H and O–H groups in total. The molecule has 0 radical (unpaired) electrons. The van der Waals surface area contributed by atoms with E-state index >= 15 is 0 Å². The van der Waals surface area contributed by atoms with E-state index in [1.807, 2.05) is 12.1 Å². The first-order valence-electron chi connectivity index (χ1n) is 10.2. The number of halogens is 1. The molecule has 1 saturated heterocycles. The van der Waals surface area contributed by atoms with Gasteiger partial charge in [-0.1, -0.05) is 18.5 Å². The number of likely N-dealkylation sites (tertiary alicyclic amines) is 1. The lowest BCUT2D eigenvalue weighted by Gasteiger charge is -2.26. The van der Waals surface area contributed by atoms with Gasteiger partial charge in [0, 0.05) is 36.3 Å². The van der Waals surface area contributed by atoms with Crippen molar-refractivity contribution >= 4 is 21.4 Å². The summed E-state index contributed by atoms with van der Waals surface area (Å²) in [6, 6.07) is 13.8. The van der Waals surface area contributed by atoms with Crippen LogP contribution in [0.25, 0.3) is 0 Å². The predicted octanol–water partition coefficient (Wildman–Crippen LogP) is 3.17. The second-order valence-electron chi connectivity index (χ2n) is 8.25. The summed E-state index contributed by atoms with van der Waals surface area (Å²) in [4.78, 5) is 2.53. The van der Waals surface area contributed by atoms with Crippen LogP contribution in [0, 0.1) is 23.2 Å². The van der Waals surface area contributed by atoms with Crippen LogP contribution in [0.15, 0.2) is 47.4 Å². The molecule has 3 rings (SSSR count). The Balaban J connectivity index is 1.60. The monoisotopic (exact) mass is 462 g/mol. The molecule has 31 heavy (non-hydrogen) atoms. The molecule has 2 aromatic carbocycles. The van der Waals surface area contributed by atoms with Crippen molar-refractivity contribution in [2.24, 2.45) is 11.8 Å². The minimum atomic E-state index is -3.22. The van der Waals surface area contributed by atoms with E-state index in [1.54, 1.807) is 30.3 Å². The molecule has 1 heterocycles. The van der Waals surface area contributed by atoms with Crippen molar-refractivity contribution in [2.45, 2.75) is 24.3 Å². The molecule has 6 nitrogen and oxygen atoms in total. The Morgan fingerprint density at radius 1 is 1.26 bits per heavy atom. The fourth-order valence-corrected chi connectivity index (χ4v) is 4.88. The fourth-order valence-electron chi connectivity index (χ4n) is 3.99. The highest BCUT2D eigenvalue weighted by molar-refractivity contribution is 7.90. The third kappa shape index (κ3) is 6.20. The number of sulfone groups is 1. The van der Waals surface area contributed by atoms with Crippen molar-refractivity contribution in [3.63, 3.8) is 0 Å². The van der Waals surface area contributed by atoms with E-state index in [4.69, 9.17) is 21.6 Å². The van der Waals surface area contributed by atoms with Gasteiger partial charge in [0.25, 0.3) is 0 Å². The zero-order valence-corrected chi connectivity index (χ0v) is 19.2. The summed E-state index contributed by atoms with van der Waals surface area (Å²) in [6.45, 7) is 4.34. The first-order valence-corrected chi connectivity index (χ1v) is 12.4. The van der Waals surface area contributed by atoms with Crippen molar-refractivity contribution in [3.8, 4) is 11.8 Å². The zero-order chi connectivity index (χ0) is 22.6. The van der Waals surface area contributed by atoms with E-state index in [0.29, 0.717) is 35.3 Å². The highest BCUT2D eigenvalue weighted by atomic mass is 35.5. The van der Waals surface area contributed by atoms with E-state index in [9.17, 15) is 13.5 Å². The van der Waals surface area contributed by atoms with Gasteiger partial charge >= 0.3 is 0 Å². The van der Waals surface area contributed by atoms with Crippen molar-refractivity contribution in [3.05, 3.63) is 58.6 Å². The average Bonchev–Trinajstić information content (AvgIpc) is 3.10. The van der Waals surface area contributed by atoms with Crippen molar-refractivity contribution in [1.82, 2.24) is 4.90 Å². The van der Waals surface area contributed by atoms with Gasteiger partial charge in [0.05, 0.1) is 29.7 Å². The SMILES string of the molecule is CC1CN(C(CO)Cc2cc(Cl)cc(C#N)c2)CC1COc1ccc(S(C)(=O)=O)cc1. The third-order valence-electron chi connectivity index (χ3n) is 5.80. The zero-order valence-electron chi connectivity index (χ0n) is 17.7. The van der Waals surface area contributed by atoms with Gasteiger partial charge in [-0.15, -0.1) is 0 Å². The largest absolute Gasteiger partial charge is 0.493 e. The van der Waals surface area contributed by atoms with Gasteiger partial charge in [-0.3, -0.25) is 4.90 Å². The van der Waals surface area contributed by atoms with Gasteiger partial charge in [-0.25, -0.2) is 8.42 Å². The maximum atomic E-state index is 11.6. The second kappa shape index (κ2) is 10.0. The maximum absolute atomic E-state index is 11.6. The van der Waals surface area contributed by atoms with Crippen LogP contribution < -0.4 is 4.74 Å². The number of rotatable bonds is 8. The van der Waals surface area contributed by atoms with Gasteiger partial charge in [0.1, 0.15) is 5.75 Å². The molecule has 0 saturated carbocycles. The van der Waals surface area contributed by atoms with Crippen LogP contribution >= 0.6 is 11.6 Å². The molecule has 166 valence electrons. The molecule has 0 amide bonds. The normalized spacial score (nSPS) is 20.4. The molecule has 0 bridgehead atoms.